The molecule has 0 aromatic heterocycles. The Balaban J connectivity index is 2.11. The average Bonchev–Trinajstić information content (AvgIpc) is 2.35. The summed E-state index contributed by atoms with van der Waals surface area (Å²) in [7, 11) is 0. The van der Waals surface area contributed by atoms with E-state index in [2.05, 4.69) is 31.3 Å². The number of aryl methyl sites for hydroxylation is 1. The number of halogens is 2. The summed E-state index contributed by atoms with van der Waals surface area (Å²) in [4.78, 5) is 0. The Labute approximate surface area is 112 Å². The van der Waals surface area contributed by atoms with Crippen LogP contribution < -0.4 is 5.32 Å². The first-order valence-electron chi connectivity index (χ1n) is 5.82. The molecule has 0 aliphatic heterocycles. The summed E-state index contributed by atoms with van der Waals surface area (Å²) < 4.78 is 13.3. The van der Waals surface area contributed by atoms with Gasteiger partial charge in [-0.2, -0.15) is 0 Å². The predicted octanol–water partition coefficient (Wildman–Crippen LogP) is 4.71. The van der Waals surface area contributed by atoms with Crippen molar-refractivity contribution >= 4 is 17.3 Å². The molecule has 18 heavy (non-hydrogen) atoms. The summed E-state index contributed by atoms with van der Waals surface area (Å²) in [5, 5.41) is 3.34. The third-order valence-electron chi connectivity index (χ3n) is 3.12. The van der Waals surface area contributed by atoms with Crippen LogP contribution in [-0.2, 0) is 6.54 Å². The van der Waals surface area contributed by atoms with Crippen molar-refractivity contribution < 1.29 is 4.39 Å². The highest BCUT2D eigenvalue weighted by atomic mass is 35.5. The van der Waals surface area contributed by atoms with Crippen LogP contribution in [0.1, 0.15) is 16.7 Å². The second kappa shape index (κ2) is 5.40. The largest absolute Gasteiger partial charge is 0.381 e. The van der Waals surface area contributed by atoms with Crippen LogP contribution in [-0.4, -0.2) is 0 Å². The Hall–Kier alpha value is -1.54. The number of benzene rings is 2. The smallest absolute Gasteiger partial charge is 0.143 e. The average molecular weight is 264 g/mol. The van der Waals surface area contributed by atoms with Gasteiger partial charge in [0.2, 0.25) is 0 Å². The maximum Gasteiger partial charge on any atom is 0.143 e. The van der Waals surface area contributed by atoms with Gasteiger partial charge in [0.25, 0.3) is 0 Å². The molecule has 0 fully saturated rings. The number of hydrogen-bond donors (Lipinski definition) is 1. The van der Waals surface area contributed by atoms with Gasteiger partial charge in [0, 0.05) is 12.2 Å². The number of hydrogen-bond acceptors (Lipinski definition) is 1. The van der Waals surface area contributed by atoms with Crippen molar-refractivity contribution in [3.05, 3.63) is 63.9 Å². The molecule has 0 amide bonds. The molecule has 2 rings (SSSR count). The molecule has 2 aromatic rings. The van der Waals surface area contributed by atoms with Crippen molar-refractivity contribution in [2.45, 2.75) is 20.4 Å². The summed E-state index contributed by atoms with van der Waals surface area (Å²) >= 11 is 5.64. The van der Waals surface area contributed by atoms with Gasteiger partial charge >= 0.3 is 0 Å². The highest BCUT2D eigenvalue weighted by Crippen LogP contribution is 2.20. The van der Waals surface area contributed by atoms with Gasteiger partial charge in [-0.15, -0.1) is 0 Å². The van der Waals surface area contributed by atoms with Crippen molar-refractivity contribution in [1.82, 2.24) is 0 Å². The molecule has 0 heterocycles. The van der Waals surface area contributed by atoms with Gasteiger partial charge < -0.3 is 5.32 Å². The van der Waals surface area contributed by atoms with Crippen LogP contribution in [0.3, 0.4) is 0 Å². The van der Waals surface area contributed by atoms with Gasteiger partial charge in [0.05, 0.1) is 5.02 Å². The summed E-state index contributed by atoms with van der Waals surface area (Å²) in [6.45, 7) is 4.85. The number of rotatable bonds is 3. The van der Waals surface area contributed by atoms with E-state index in [0.29, 0.717) is 6.54 Å². The Morgan fingerprint density at radius 3 is 2.67 bits per heavy atom. The molecule has 94 valence electrons. The maximum atomic E-state index is 13.3. The van der Waals surface area contributed by atoms with E-state index < -0.39 is 5.82 Å². The number of anilines is 1. The zero-order valence-corrected chi connectivity index (χ0v) is 11.2. The minimum atomic E-state index is -0.400. The Morgan fingerprint density at radius 2 is 1.94 bits per heavy atom. The van der Waals surface area contributed by atoms with E-state index in [1.54, 1.807) is 12.1 Å². The van der Waals surface area contributed by atoms with E-state index in [-0.39, 0.29) is 5.02 Å². The zero-order chi connectivity index (χ0) is 13.1. The van der Waals surface area contributed by atoms with Gasteiger partial charge in [-0.25, -0.2) is 4.39 Å². The molecule has 0 radical (unpaired) electrons. The normalized spacial score (nSPS) is 10.4. The van der Waals surface area contributed by atoms with Gasteiger partial charge in [-0.05, 0) is 48.7 Å². The standard InChI is InChI=1S/C15H15ClFN/c1-10-4-3-5-12(11(10)2)9-18-13-6-7-14(16)15(17)8-13/h3-8,18H,9H2,1-2H3. The minimum Gasteiger partial charge on any atom is -0.381 e. The fraction of sp³-hybridized carbons (Fsp3) is 0.200. The molecule has 0 bridgehead atoms. The number of nitrogens with one attached hydrogen (secondary N) is 1. The van der Waals surface area contributed by atoms with Crippen LogP contribution >= 0.6 is 11.6 Å². The lowest BCUT2D eigenvalue weighted by molar-refractivity contribution is 0.628. The Bertz CT molecular complexity index is 566. The van der Waals surface area contributed by atoms with E-state index in [1.807, 2.05) is 6.07 Å². The highest BCUT2D eigenvalue weighted by molar-refractivity contribution is 6.30. The van der Waals surface area contributed by atoms with Gasteiger partial charge in [0.1, 0.15) is 5.82 Å². The van der Waals surface area contributed by atoms with E-state index >= 15 is 0 Å². The molecular formula is C15H15ClFN. The molecule has 0 aliphatic carbocycles. The van der Waals surface area contributed by atoms with Crippen LogP contribution in [0.4, 0.5) is 10.1 Å². The summed E-state index contributed by atoms with van der Waals surface area (Å²) in [6.07, 6.45) is 0. The molecule has 0 unspecified atom stereocenters. The van der Waals surface area contributed by atoms with E-state index in [4.69, 9.17) is 11.6 Å². The van der Waals surface area contributed by atoms with Crippen molar-refractivity contribution in [1.29, 1.82) is 0 Å². The highest BCUT2D eigenvalue weighted by Gasteiger charge is 2.03. The van der Waals surface area contributed by atoms with Crippen LogP contribution in [0.15, 0.2) is 36.4 Å². The lowest BCUT2D eigenvalue weighted by Gasteiger charge is -2.11. The molecule has 3 heteroatoms. The van der Waals surface area contributed by atoms with Crippen molar-refractivity contribution in [2.75, 3.05) is 5.32 Å². The molecule has 1 nitrogen and oxygen atoms in total. The van der Waals surface area contributed by atoms with Crippen molar-refractivity contribution in [3.63, 3.8) is 0 Å². The molecule has 2 aromatic carbocycles. The van der Waals surface area contributed by atoms with Crippen molar-refractivity contribution in [3.8, 4) is 0 Å². The van der Waals surface area contributed by atoms with E-state index in [1.165, 1.54) is 22.8 Å². The zero-order valence-electron chi connectivity index (χ0n) is 10.4. The topological polar surface area (TPSA) is 12.0 Å². The molecular weight excluding hydrogens is 249 g/mol. The van der Waals surface area contributed by atoms with Gasteiger partial charge in [-0.1, -0.05) is 29.8 Å². The maximum absolute atomic E-state index is 13.3. The van der Waals surface area contributed by atoms with Crippen molar-refractivity contribution in [2.24, 2.45) is 0 Å². The third-order valence-corrected chi connectivity index (χ3v) is 3.43. The summed E-state index contributed by atoms with van der Waals surface area (Å²) in [5.74, 6) is -0.400. The first-order chi connectivity index (χ1) is 8.58. The lowest BCUT2D eigenvalue weighted by Crippen LogP contribution is -2.02. The van der Waals surface area contributed by atoms with Crippen LogP contribution in [0.5, 0.6) is 0 Å². The lowest BCUT2D eigenvalue weighted by atomic mass is 10.0. The predicted molar refractivity (Wildman–Crippen MR) is 74.7 cm³/mol. The first-order valence-corrected chi connectivity index (χ1v) is 6.20. The Morgan fingerprint density at radius 1 is 1.17 bits per heavy atom. The second-order valence-electron chi connectivity index (χ2n) is 4.34. The van der Waals surface area contributed by atoms with E-state index in [9.17, 15) is 4.39 Å². The summed E-state index contributed by atoms with van der Waals surface area (Å²) in [5.41, 5.74) is 4.47. The quantitative estimate of drug-likeness (QED) is 0.846. The molecule has 0 saturated carbocycles. The molecule has 1 N–H and O–H groups in total. The molecule has 0 aliphatic rings. The SMILES string of the molecule is Cc1cccc(CNc2ccc(Cl)c(F)c2)c1C. The third kappa shape index (κ3) is 2.82. The van der Waals surface area contributed by atoms with E-state index in [0.717, 1.165) is 5.69 Å². The summed E-state index contributed by atoms with van der Waals surface area (Å²) in [6, 6.07) is 10.9. The van der Waals surface area contributed by atoms with Crippen LogP contribution in [0.25, 0.3) is 0 Å². The fourth-order valence-electron chi connectivity index (χ4n) is 1.81. The first kappa shape index (κ1) is 12.9. The Kier molecular flexibility index (Phi) is 3.87. The second-order valence-corrected chi connectivity index (χ2v) is 4.75. The minimum absolute atomic E-state index is 0.146. The fourth-order valence-corrected chi connectivity index (χ4v) is 1.92. The monoisotopic (exact) mass is 263 g/mol. The van der Waals surface area contributed by atoms with Crippen LogP contribution in [0, 0.1) is 19.7 Å². The molecule has 0 saturated heterocycles. The van der Waals surface area contributed by atoms with Gasteiger partial charge in [0.15, 0.2) is 0 Å². The van der Waals surface area contributed by atoms with Gasteiger partial charge in [-0.3, -0.25) is 0 Å². The van der Waals surface area contributed by atoms with Crippen LogP contribution in [0.2, 0.25) is 5.02 Å². The molecule has 0 atom stereocenters. The molecule has 0 spiro atoms.